The van der Waals surface area contributed by atoms with E-state index in [4.69, 9.17) is 15.2 Å². The van der Waals surface area contributed by atoms with Gasteiger partial charge in [0, 0.05) is 10.2 Å². The van der Waals surface area contributed by atoms with Crippen LogP contribution in [0, 0.1) is 13.8 Å². The molecule has 2 aromatic carbocycles. The van der Waals surface area contributed by atoms with Gasteiger partial charge >= 0.3 is 0 Å². The Morgan fingerprint density at radius 2 is 1.56 bits per heavy atom. The summed E-state index contributed by atoms with van der Waals surface area (Å²) in [5.74, 6) is 1.61. The maximum atomic E-state index is 13.0. The largest absolute Gasteiger partial charge is 0.497 e. The van der Waals surface area contributed by atoms with E-state index in [1.54, 1.807) is 14.2 Å². The number of nitrogens with one attached hydrogen (secondary N) is 1. The number of hydrogen-bond acceptors (Lipinski definition) is 6. The standard InChI is InChI=1S/C28H29BrN4O3/c1-17-13-18(2)31-25(14-17)32-24-15-21(29)16-33(27(24)28(30)34)26(19-5-9-22(35-3)10-6-19)20-7-11-23(36-4)12-8-20/h5-15,26H,16H2,1-4H3,(H2,30,34)(H,31,32). The Morgan fingerprint density at radius 3 is 2.03 bits per heavy atom. The van der Waals surface area contributed by atoms with Gasteiger partial charge in [0.2, 0.25) is 0 Å². The van der Waals surface area contributed by atoms with Crippen molar-refractivity contribution in [2.75, 3.05) is 26.1 Å². The summed E-state index contributed by atoms with van der Waals surface area (Å²) < 4.78 is 11.6. The summed E-state index contributed by atoms with van der Waals surface area (Å²) in [6.07, 6.45) is 1.88. The number of nitrogens with two attached hydrogens (primary N) is 1. The smallest absolute Gasteiger partial charge is 0.267 e. The number of amides is 1. The number of halogens is 1. The summed E-state index contributed by atoms with van der Waals surface area (Å²) in [7, 11) is 3.27. The van der Waals surface area contributed by atoms with Gasteiger partial charge in [-0.1, -0.05) is 40.2 Å². The van der Waals surface area contributed by atoms with Crippen molar-refractivity contribution >= 4 is 27.7 Å². The number of anilines is 1. The number of carbonyl (C=O) groups excluding carboxylic acids is 1. The topological polar surface area (TPSA) is 89.7 Å². The summed E-state index contributed by atoms with van der Waals surface area (Å²) in [6.45, 7) is 4.39. The summed E-state index contributed by atoms with van der Waals surface area (Å²) in [5, 5.41) is 3.33. The quantitative estimate of drug-likeness (QED) is 0.401. The zero-order chi connectivity index (χ0) is 25.8. The molecule has 1 aromatic heterocycles. The number of ether oxygens (including phenoxy) is 2. The molecular formula is C28H29BrN4O3. The predicted molar refractivity (Wildman–Crippen MR) is 145 cm³/mol. The molecule has 0 bridgehead atoms. The van der Waals surface area contributed by atoms with Gasteiger partial charge in [-0.15, -0.1) is 0 Å². The number of carbonyl (C=O) groups is 1. The van der Waals surface area contributed by atoms with E-state index in [1.807, 2.05) is 85.5 Å². The lowest BCUT2D eigenvalue weighted by atomic mass is 9.94. The molecule has 0 unspecified atom stereocenters. The number of methoxy groups -OCH3 is 2. The summed E-state index contributed by atoms with van der Waals surface area (Å²) in [6, 6.07) is 19.2. The van der Waals surface area contributed by atoms with Gasteiger partial charge in [0.15, 0.2) is 0 Å². The molecular weight excluding hydrogens is 520 g/mol. The van der Waals surface area contributed by atoms with Gasteiger partial charge in [0.25, 0.3) is 5.91 Å². The molecule has 4 rings (SSSR count). The van der Waals surface area contributed by atoms with Crippen LogP contribution in [0.2, 0.25) is 0 Å². The lowest BCUT2D eigenvalue weighted by Gasteiger charge is -2.38. The zero-order valence-corrected chi connectivity index (χ0v) is 22.3. The molecule has 0 fully saturated rings. The van der Waals surface area contributed by atoms with Crippen LogP contribution in [0.25, 0.3) is 0 Å². The van der Waals surface area contributed by atoms with E-state index in [9.17, 15) is 4.79 Å². The van der Waals surface area contributed by atoms with Crippen molar-refractivity contribution in [1.29, 1.82) is 0 Å². The molecule has 0 atom stereocenters. The summed E-state index contributed by atoms with van der Waals surface area (Å²) in [4.78, 5) is 19.5. The van der Waals surface area contributed by atoms with E-state index >= 15 is 0 Å². The Hall–Kier alpha value is -3.78. The Kier molecular flexibility index (Phi) is 7.64. The van der Waals surface area contributed by atoms with E-state index in [1.165, 1.54) is 0 Å². The summed E-state index contributed by atoms with van der Waals surface area (Å²) >= 11 is 3.68. The van der Waals surface area contributed by atoms with Crippen LogP contribution >= 0.6 is 15.9 Å². The second-order valence-electron chi connectivity index (χ2n) is 8.59. The molecule has 0 radical (unpaired) electrons. The van der Waals surface area contributed by atoms with E-state index in [0.717, 1.165) is 38.4 Å². The Labute approximate surface area is 219 Å². The van der Waals surface area contributed by atoms with E-state index in [-0.39, 0.29) is 6.04 Å². The molecule has 0 aliphatic carbocycles. The highest BCUT2D eigenvalue weighted by molar-refractivity contribution is 9.11. The van der Waals surface area contributed by atoms with Crippen LogP contribution in [0.4, 0.5) is 5.82 Å². The second kappa shape index (κ2) is 10.9. The molecule has 2 heterocycles. The highest BCUT2D eigenvalue weighted by Gasteiger charge is 2.32. The van der Waals surface area contributed by atoms with Gasteiger partial charge in [-0.2, -0.15) is 0 Å². The predicted octanol–water partition coefficient (Wildman–Crippen LogP) is 5.21. The number of benzene rings is 2. The summed E-state index contributed by atoms with van der Waals surface area (Å²) in [5.41, 5.74) is 10.9. The highest BCUT2D eigenvalue weighted by atomic mass is 79.9. The first-order chi connectivity index (χ1) is 17.3. The Bertz CT molecular complexity index is 1250. The van der Waals surface area contributed by atoms with Gasteiger partial charge in [0.05, 0.1) is 32.5 Å². The number of rotatable bonds is 8. The molecule has 36 heavy (non-hydrogen) atoms. The number of aryl methyl sites for hydroxylation is 2. The fourth-order valence-corrected chi connectivity index (χ4v) is 4.92. The monoisotopic (exact) mass is 548 g/mol. The van der Waals surface area contributed by atoms with Crippen molar-refractivity contribution in [1.82, 2.24) is 9.88 Å². The van der Waals surface area contributed by atoms with Gasteiger partial charge in [-0.05, 0) is 73.0 Å². The molecule has 0 saturated carbocycles. The van der Waals surface area contributed by atoms with E-state index in [0.29, 0.717) is 23.8 Å². The van der Waals surface area contributed by atoms with Crippen LogP contribution in [0.15, 0.2) is 82.6 Å². The first kappa shape index (κ1) is 25.3. The normalized spacial score (nSPS) is 13.5. The lowest BCUT2D eigenvalue weighted by molar-refractivity contribution is -0.116. The molecule has 7 nitrogen and oxygen atoms in total. The molecule has 186 valence electrons. The van der Waals surface area contributed by atoms with Gasteiger partial charge < -0.3 is 25.4 Å². The van der Waals surface area contributed by atoms with Crippen LogP contribution < -0.4 is 20.5 Å². The van der Waals surface area contributed by atoms with Crippen LogP contribution in [-0.4, -0.2) is 36.6 Å². The number of nitrogens with zero attached hydrogens (tertiary/aromatic N) is 2. The molecule has 1 amide bonds. The fourth-order valence-electron chi connectivity index (χ4n) is 4.43. The third kappa shape index (κ3) is 5.54. The van der Waals surface area contributed by atoms with Gasteiger partial charge in [0.1, 0.15) is 23.0 Å². The second-order valence-corrected chi connectivity index (χ2v) is 9.61. The van der Waals surface area contributed by atoms with Crippen LogP contribution in [0.1, 0.15) is 28.4 Å². The van der Waals surface area contributed by atoms with E-state index in [2.05, 4.69) is 26.2 Å². The minimum atomic E-state index is -0.537. The molecule has 3 N–H and O–H groups in total. The van der Waals surface area contributed by atoms with Crippen molar-refractivity contribution in [2.45, 2.75) is 19.9 Å². The molecule has 8 heteroatoms. The Morgan fingerprint density at radius 1 is 1.00 bits per heavy atom. The minimum Gasteiger partial charge on any atom is -0.497 e. The van der Waals surface area contributed by atoms with Crippen molar-refractivity contribution in [2.24, 2.45) is 5.73 Å². The number of allylic oxidation sites excluding steroid dienone is 1. The van der Waals surface area contributed by atoms with Gasteiger partial charge in [-0.25, -0.2) is 4.98 Å². The van der Waals surface area contributed by atoms with Crippen LogP contribution in [-0.2, 0) is 4.79 Å². The number of hydrogen-bond donors (Lipinski definition) is 2. The fraction of sp³-hybridized carbons (Fsp3) is 0.214. The Balaban J connectivity index is 1.86. The number of aromatic nitrogens is 1. The van der Waals surface area contributed by atoms with Crippen molar-refractivity contribution in [3.63, 3.8) is 0 Å². The zero-order valence-electron chi connectivity index (χ0n) is 20.7. The SMILES string of the molecule is COc1ccc(C(c2ccc(OC)cc2)N2CC(Br)=CC(Nc3cc(C)cc(C)n3)=C2C(N)=O)cc1. The number of primary amides is 1. The third-order valence-electron chi connectivity index (χ3n) is 5.93. The van der Waals surface area contributed by atoms with Gasteiger partial charge in [-0.3, -0.25) is 4.79 Å². The van der Waals surface area contributed by atoms with Crippen molar-refractivity contribution in [3.05, 3.63) is 105 Å². The molecule has 3 aromatic rings. The first-order valence-electron chi connectivity index (χ1n) is 11.5. The highest BCUT2D eigenvalue weighted by Crippen LogP contribution is 2.38. The lowest BCUT2D eigenvalue weighted by Crippen LogP contribution is -2.39. The molecule has 1 aliphatic heterocycles. The number of pyridine rings is 1. The van der Waals surface area contributed by atoms with E-state index < -0.39 is 5.91 Å². The maximum absolute atomic E-state index is 13.0. The third-order valence-corrected chi connectivity index (χ3v) is 6.41. The van der Waals surface area contributed by atoms with Crippen molar-refractivity contribution < 1.29 is 14.3 Å². The van der Waals surface area contributed by atoms with Crippen LogP contribution in [0.3, 0.4) is 0 Å². The molecule has 1 aliphatic rings. The van der Waals surface area contributed by atoms with Crippen molar-refractivity contribution in [3.8, 4) is 11.5 Å². The minimum absolute atomic E-state index is 0.311. The maximum Gasteiger partial charge on any atom is 0.267 e. The molecule has 0 spiro atoms. The average molecular weight is 549 g/mol. The molecule has 0 saturated heterocycles. The van der Waals surface area contributed by atoms with Crippen LogP contribution in [0.5, 0.6) is 11.5 Å². The average Bonchev–Trinajstić information content (AvgIpc) is 2.84. The first-order valence-corrected chi connectivity index (χ1v) is 12.3.